The molecule has 0 unspecified atom stereocenters. The lowest BCUT2D eigenvalue weighted by Crippen LogP contribution is -2.00. The summed E-state index contributed by atoms with van der Waals surface area (Å²) in [6.45, 7) is 1.55. The molecule has 0 fully saturated rings. The number of halogens is 2. The molecule has 0 saturated heterocycles. The number of sulfone groups is 1. The van der Waals surface area contributed by atoms with Crippen LogP contribution in [0.1, 0.15) is 5.56 Å². The summed E-state index contributed by atoms with van der Waals surface area (Å²) in [5, 5.41) is 3.93. The number of hydrogen-bond acceptors (Lipinski definition) is 3. The normalized spacial score (nSPS) is 11.8. The smallest absolute Gasteiger partial charge is 0.178 e. The van der Waals surface area contributed by atoms with Gasteiger partial charge in [-0.1, -0.05) is 11.6 Å². The Bertz CT molecular complexity index is 710. The molecule has 18 heavy (non-hydrogen) atoms. The number of rotatable bonds is 2. The summed E-state index contributed by atoms with van der Waals surface area (Å²) in [4.78, 5) is 0.0808. The van der Waals surface area contributed by atoms with Crippen molar-refractivity contribution in [1.29, 1.82) is 0 Å². The van der Waals surface area contributed by atoms with E-state index in [-0.39, 0.29) is 9.92 Å². The molecule has 0 N–H and O–H groups in total. The minimum Gasteiger partial charge on any atom is -0.239 e. The van der Waals surface area contributed by atoms with E-state index in [1.54, 1.807) is 13.0 Å². The summed E-state index contributed by atoms with van der Waals surface area (Å²) < 4.78 is 37.6. The van der Waals surface area contributed by atoms with Crippen LogP contribution < -0.4 is 0 Å². The first-order valence-corrected chi connectivity index (χ1v) is 7.27. The molecule has 0 spiro atoms. The van der Waals surface area contributed by atoms with Crippen LogP contribution in [0.15, 0.2) is 29.4 Å². The first-order valence-electron chi connectivity index (χ1n) is 5.00. The van der Waals surface area contributed by atoms with E-state index in [1.165, 1.54) is 23.1 Å². The highest BCUT2D eigenvalue weighted by Gasteiger charge is 2.14. The molecule has 7 heteroatoms. The van der Waals surface area contributed by atoms with Crippen molar-refractivity contribution in [3.05, 3.63) is 40.9 Å². The van der Waals surface area contributed by atoms with E-state index in [1.807, 2.05) is 0 Å². The van der Waals surface area contributed by atoms with E-state index in [0.717, 1.165) is 6.26 Å². The maximum Gasteiger partial charge on any atom is 0.178 e. The van der Waals surface area contributed by atoms with E-state index in [4.69, 9.17) is 11.6 Å². The summed E-state index contributed by atoms with van der Waals surface area (Å²) in [6.07, 6.45) is 3.65. The van der Waals surface area contributed by atoms with Gasteiger partial charge in [0.25, 0.3) is 0 Å². The molecular weight excluding hydrogens is 279 g/mol. The van der Waals surface area contributed by atoms with Gasteiger partial charge >= 0.3 is 0 Å². The van der Waals surface area contributed by atoms with Crippen molar-refractivity contribution < 1.29 is 12.8 Å². The molecule has 0 atom stereocenters. The molecule has 1 aromatic heterocycles. The highest BCUT2D eigenvalue weighted by Crippen LogP contribution is 2.24. The fraction of sp³-hybridized carbons (Fsp3) is 0.182. The van der Waals surface area contributed by atoms with Crippen LogP contribution in [-0.4, -0.2) is 24.5 Å². The SMILES string of the molecule is Cc1c(-n2cc(S(C)(=O)=O)cn2)ccc(Cl)c1F. The quantitative estimate of drug-likeness (QED) is 0.852. The third kappa shape index (κ3) is 2.26. The molecule has 0 amide bonds. The lowest BCUT2D eigenvalue weighted by molar-refractivity contribution is 0.602. The molecule has 2 aromatic rings. The first-order chi connectivity index (χ1) is 8.30. The van der Waals surface area contributed by atoms with Crippen LogP contribution in [0.25, 0.3) is 5.69 Å². The second-order valence-corrected chi connectivity index (χ2v) is 6.32. The molecule has 1 aromatic carbocycles. The number of nitrogens with zero attached hydrogens (tertiary/aromatic N) is 2. The topological polar surface area (TPSA) is 52.0 Å². The fourth-order valence-corrected chi connectivity index (χ4v) is 2.25. The summed E-state index contributed by atoms with van der Waals surface area (Å²) in [7, 11) is -3.32. The monoisotopic (exact) mass is 288 g/mol. The van der Waals surface area contributed by atoms with Crippen LogP contribution in [0.3, 0.4) is 0 Å². The zero-order valence-electron chi connectivity index (χ0n) is 9.68. The third-order valence-corrected chi connectivity index (χ3v) is 3.90. The van der Waals surface area contributed by atoms with Gasteiger partial charge in [0.05, 0.1) is 16.9 Å². The maximum atomic E-state index is 13.6. The van der Waals surface area contributed by atoms with E-state index >= 15 is 0 Å². The molecule has 96 valence electrons. The highest BCUT2D eigenvalue weighted by molar-refractivity contribution is 7.90. The number of aromatic nitrogens is 2. The van der Waals surface area contributed by atoms with E-state index in [2.05, 4.69) is 5.10 Å². The Morgan fingerprint density at radius 2 is 2.06 bits per heavy atom. The van der Waals surface area contributed by atoms with E-state index in [0.29, 0.717) is 11.3 Å². The van der Waals surface area contributed by atoms with Crippen LogP contribution in [0.5, 0.6) is 0 Å². The highest BCUT2D eigenvalue weighted by atomic mass is 35.5. The van der Waals surface area contributed by atoms with Gasteiger partial charge in [0.2, 0.25) is 0 Å². The second kappa shape index (κ2) is 4.37. The number of hydrogen-bond donors (Lipinski definition) is 0. The Kier molecular flexibility index (Phi) is 3.16. The molecule has 1 heterocycles. The molecule has 0 aliphatic rings. The fourth-order valence-electron chi connectivity index (χ4n) is 1.52. The molecule has 0 radical (unpaired) electrons. The van der Waals surface area contributed by atoms with Gasteiger partial charge in [0.15, 0.2) is 9.84 Å². The van der Waals surface area contributed by atoms with Gasteiger partial charge in [-0.2, -0.15) is 5.10 Å². The van der Waals surface area contributed by atoms with Crippen molar-refractivity contribution in [2.45, 2.75) is 11.8 Å². The molecule has 0 saturated carbocycles. The standard InChI is InChI=1S/C11H10ClFN2O2S/c1-7-10(4-3-9(12)11(7)13)15-6-8(5-14-15)18(2,16)17/h3-6H,1-2H3. The Labute approximate surface area is 109 Å². The summed E-state index contributed by atoms with van der Waals surface area (Å²) in [5.74, 6) is -0.537. The summed E-state index contributed by atoms with van der Waals surface area (Å²) >= 11 is 5.65. The van der Waals surface area contributed by atoms with Gasteiger partial charge in [-0.15, -0.1) is 0 Å². The van der Waals surface area contributed by atoms with Crippen molar-refractivity contribution >= 4 is 21.4 Å². The van der Waals surface area contributed by atoms with Gasteiger partial charge in [0.1, 0.15) is 10.7 Å². The average Bonchev–Trinajstić information content (AvgIpc) is 2.75. The van der Waals surface area contributed by atoms with Gasteiger partial charge in [-0.25, -0.2) is 17.5 Å². The summed E-state index contributed by atoms with van der Waals surface area (Å²) in [6, 6.07) is 2.99. The molecule has 0 aliphatic heterocycles. The predicted octanol–water partition coefficient (Wildman–Crippen LogP) is 2.38. The maximum absolute atomic E-state index is 13.6. The third-order valence-electron chi connectivity index (χ3n) is 2.54. The van der Waals surface area contributed by atoms with Crippen molar-refractivity contribution in [3.8, 4) is 5.69 Å². The van der Waals surface area contributed by atoms with Gasteiger partial charge < -0.3 is 0 Å². The van der Waals surface area contributed by atoms with Crippen molar-refractivity contribution in [1.82, 2.24) is 9.78 Å². The second-order valence-electron chi connectivity index (χ2n) is 3.90. The van der Waals surface area contributed by atoms with Crippen LogP contribution in [0, 0.1) is 12.7 Å². The molecule has 2 rings (SSSR count). The van der Waals surface area contributed by atoms with E-state index < -0.39 is 15.7 Å². The molecule has 4 nitrogen and oxygen atoms in total. The molecular formula is C11H10ClFN2O2S. The van der Waals surface area contributed by atoms with E-state index in [9.17, 15) is 12.8 Å². The van der Waals surface area contributed by atoms with Crippen LogP contribution in [-0.2, 0) is 9.84 Å². The van der Waals surface area contributed by atoms with Gasteiger partial charge in [0, 0.05) is 18.0 Å². The Morgan fingerprint density at radius 1 is 1.39 bits per heavy atom. The minimum absolute atomic E-state index is 0.0201. The Morgan fingerprint density at radius 3 is 2.61 bits per heavy atom. The first kappa shape index (κ1) is 13.0. The van der Waals surface area contributed by atoms with Gasteiger partial charge in [-0.3, -0.25) is 0 Å². The lowest BCUT2D eigenvalue weighted by atomic mass is 10.2. The van der Waals surface area contributed by atoms with Crippen LogP contribution in [0.4, 0.5) is 4.39 Å². The zero-order valence-corrected chi connectivity index (χ0v) is 11.3. The van der Waals surface area contributed by atoms with Gasteiger partial charge in [-0.05, 0) is 19.1 Å². The Hall–Kier alpha value is -1.40. The largest absolute Gasteiger partial charge is 0.239 e. The molecule has 0 bridgehead atoms. The Balaban J connectivity index is 2.57. The molecule has 0 aliphatic carbocycles. The van der Waals surface area contributed by atoms with Crippen LogP contribution in [0.2, 0.25) is 5.02 Å². The van der Waals surface area contributed by atoms with Crippen molar-refractivity contribution in [3.63, 3.8) is 0 Å². The van der Waals surface area contributed by atoms with Crippen LogP contribution >= 0.6 is 11.6 Å². The number of benzene rings is 1. The zero-order chi connectivity index (χ0) is 13.5. The average molecular weight is 289 g/mol. The predicted molar refractivity (Wildman–Crippen MR) is 66.4 cm³/mol. The van der Waals surface area contributed by atoms with Crippen molar-refractivity contribution in [2.24, 2.45) is 0 Å². The van der Waals surface area contributed by atoms with Crippen molar-refractivity contribution in [2.75, 3.05) is 6.26 Å². The minimum atomic E-state index is -3.32. The summed E-state index contributed by atoms with van der Waals surface area (Å²) in [5.41, 5.74) is 0.762. The lowest BCUT2D eigenvalue weighted by Gasteiger charge is -2.07.